The molecule has 0 spiro atoms. The summed E-state index contributed by atoms with van der Waals surface area (Å²) in [5.41, 5.74) is 2.48. The molecule has 1 N–H and O–H groups in total. The van der Waals surface area contributed by atoms with E-state index in [-0.39, 0.29) is 6.04 Å². The molecule has 0 aromatic heterocycles. The summed E-state index contributed by atoms with van der Waals surface area (Å²) in [4.78, 5) is 2.47. The highest BCUT2D eigenvalue weighted by molar-refractivity contribution is 6.30. The maximum atomic E-state index is 6.13. The van der Waals surface area contributed by atoms with Crippen LogP contribution in [0.1, 0.15) is 24.4 Å². The molecule has 1 heterocycles. The molecule has 1 saturated heterocycles. The number of anilines is 1. The molecule has 0 amide bonds. The fourth-order valence-corrected chi connectivity index (χ4v) is 4.29. The van der Waals surface area contributed by atoms with Gasteiger partial charge >= 0.3 is 0 Å². The zero-order valence-corrected chi connectivity index (χ0v) is 18.3. The lowest BCUT2D eigenvalue weighted by molar-refractivity contribution is 0.287. The summed E-state index contributed by atoms with van der Waals surface area (Å²) >= 11 is 12.2. The van der Waals surface area contributed by atoms with Crippen molar-refractivity contribution in [1.29, 1.82) is 0 Å². The van der Waals surface area contributed by atoms with Gasteiger partial charge in [-0.05, 0) is 66.9 Å². The number of nitrogens with zero attached hydrogens (tertiary/aromatic N) is 1. The Morgan fingerprint density at radius 1 is 0.867 bits per heavy atom. The number of ether oxygens (including phenoxy) is 1. The first-order valence-corrected chi connectivity index (χ1v) is 11.1. The number of nitrogens with one attached hydrogen (secondary N) is 1. The Morgan fingerprint density at radius 2 is 1.53 bits per heavy atom. The highest BCUT2D eigenvalue weighted by atomic mass is 35.5. The van der Waals surface area contributed by atoms with E-state index >= 15 is 0 Å². The first-order valence-electron chi connectivity index (χ1n) is 10.4. The average molecular weight is 441 g/mol. The van der Waals surface area contributed by atoms with Crippen molar-refractivity contribution < 1.29 is 4.74 Å². The molecule has 1 fully saturated rings. The van der Waals surface area contributed by atoms with Gasteiger partial charge in [0.05, 0.1) is 6.04 Å². The molecule has 5 heteroatoms. The smallest absolute Gasteiger partial charge is 0.119 e. The molecule has 156 valence electrons. The van der Waals surface area contributed by atoms with Crippen molar-refractivity contribution in [3.05, 3.63) is 94.5 Å². The Hall–Kier alpha value is -2.20. The zero-order chi connectivity index (χ0) is 20.8. The molecule has 0 aliphatic carbocycles. The molecule has 3 aromatic carbocycles. The second-order valence-corrected chi connectivity index (χ2v) is 8.45. The van der Waals surface area contributed by atoms with E-state index in [1.807, 2.05) is 54.6 Å². The van der Waals surface area contributed by atoms with Crippen molar-refractivity contribution in [3.63, 3.8) is 0 Å². The van der Waals surface area contributed by atoms with E-state index in [4.69, 9.17) is 27.9 Å². The summed E-state index contributed by atoms with van der Waals surface area (Å²) in [6.07, 6.45) is 2.10. The molecule has 30 heavy (non-hydrogen) atoms. The van der Waals surface area contributed by atoms with E-state index in [0.717, 1.165) is 41.7 Å². The molecular formula is C25H26Cl2N2O. The molecule has 4 rings (SSSR count). The number of halogens is 2. The Balaban J connectivity index is 1.41. The molecule has 0 saturated carbocycles. The average Bonchev–Trinajstić information content (AvgIpc) is 2.79. The first-order chi connectivity index (χ1) is 14.7. The number of rotatable bonds is 7. The van der Waals surface area contributed by atoms with Crippen molar-refractivity contribution in [3.8, 4) is 5.75 Å². The Bertz CT molecular complexity index is 916. The fraction of sp³-hybridized carbons (Fsp3) is 0.280. The topological polar surface area (TPSA) is 24.5 Å². The minimum absolute atomic E-state index is 0.282. The van der Waals surface area contributed by atoms with Crippen LogP contribution in [-0.2, 0) is 0 Å². The number of hydrogen-bond acceptors (Lipinski definition) is 3. The van der Waals surface area contributed by atoms with E-state index in [1.165, 1.54) is 11.3 Å². The van der Waals surface area contributed by atoms with Crippen LogP contribution in [0.3, 0.4) is 0 Å². The molecule has 2 unspecified atom stereocenters. The predicted molar refractivity (Wildman–Crippen MR) is 126 cm³/mol. The Labute approximate surface area is 188 Å². The summed E-state index contributed by atoms with van der Waals surface area (Å²) in [6.45, 7) is 2.47. The number of piperidine rings is 1. The summed E-state index contributed by atoms with van der Waals surface area (Å²) in [6, 6.07) is 27.0. The molecule has 2 atom stereocenters. The van der Waals surface area contributed by atoms with Crippen LogP contribution in [0.5, 0.6) is 5.75 Å². The third-order valence-corrected chi connectivity index (χ3v) is 6.07. The monoisotopic (exact) mass is 440 g/mol. The van der Waals surface area contributed by atoms with Gasteiger partial charge in [-0.25, -0.2) is 0 Å². The summed E-state index contributed by atoms with van der Waals surface area (Å²) in [5, 5.41) is 5.21. The molecule has 1 aliphatic rings. The number of hydrogen-bond donors (Lipinski definition) is 1. The summed E-state index contributed by atoms with van der Waals surface area (Å²) in [5.74, 6) is 0.913. The normalized spacial score (nSPS) is 18.9. The molecule has 1 aliphatic heterocycles. The Kier molecular flexibility index (Phi) is 7.16. The number of benzene rings is 3. The van der Waals surface area contributed by atoms with E-state index in [2.05, 4.69) is 34.5 Å². The van der Waals surface area contributed by atoms with Gasteiger partial charge < -0.3 is 15.0 Å². The predicted octanol–water partition coefficient (Wildman–Crippen LogP) is 6.37. The van der Waals surface area contributed by atoms with Crippen LogP contribution >= 0.6 is 23.2 Å². The van der Waals surface area contributed by atoms with Crippen molar-refractivity contribution in [2.24, 2.45) is 0 Å². The maximum Gasteiger partial charge on any atom is 0.119 e. The van der Waals surface area contributed by atoms with E-state index < -0.39 is 0 Å². The lowest BCUT2D eigenvalue weighted by Crippen LogP contribution is -2.45. The molecule has 0 radical (unpaired) electrons. The van der Waals surface area contributed by atoms with Gasteiger partial charge in [-0.1, -0.05) is 53.5 Å². The summed E-state index contributed by atoms with van der Waals surface area (Å²) in [7, 11) is 0. The second-order valence-electron chi connectivity index (χ2n) is 7.57. The lowest BCUT2D eigenvalue weighted by atomic mass is 9.91. The van der Waals surface area contributed by atoms with Crippen LogP contribution in [0.2, 0.25) is 10.0 Å². The van der Waals surface area contributed by atoms with Crippen LogP contribution in [0, 0.1) is 0 Å². The molecular weight excluding hydrogens is 415 g/mol. The lowest BCUT2D eigenvalue weighted by Gasteiger charge is -2.41. The Morgan fingerprint density at radius 3 is 2.23 bits per heavy atom. The van der Waals surface area contributed by atoms with Gasteiger partial charge in [0.2, 0.25) is 0 Å². The quantitative estimate of drug-likeness (QED) is 0.431. The van der Waals surface area contributed by atoms with Crippen molar-refractivity contribution in [2.45, 2.75) is 24.9 Å². The second kappa shape index (κ2) is 10.2. The first kappa shape index (κ1) is 21.0. The third kappa shape index (κ3) is 5.48. The molecule has 3 aromatic rings. The van der Waals surface area contributed by atoms with Crippen LogP contribution < -0.4 is 15.0 Å². The SMILES string of the molecule is Clc1ccc(C2CC(NCCOc3ccccc3)CCN2c2ccc(Cl)cc2)cc1. The highest BCUT2D eigenvalue weighted by Crippen LogP contribution is 2.36. The fourth-order valence-electron chi connectivity index (χ4n) is 4.04. The largest absolute Gasteiger partial charge is 0.492 e. The summed E-state index contributed by atoms with van der Waals surface area (Å²) < 4.78 is 5.82. The van der Waals surface area contributed by atoms with E-state index in [9.17, 15) is 0 Å². The molecule has 3 nitrogen and oxygen atoms in total. The van der Waals surface area contributed by atoms with Crippen LogP contribution in [0.25, 0.3) is 0 Å². The van der Waals surface area contributed by atoms with Gasteiger partial charge in [0.1, 0.15) is 12.4 Å². The minimum atomic E-state index is 0.282. The van der Waals surface area contributed by atoms with Crippen molar-refractivity contribution in [2.75, 3.05) is 24.6 Å². The van der Waals surface area contributed by atoms with Crippen molar-refractivity contribution >= 4 is 28.9 Å². The van der Waals surface area contributed by atoms with Gasteiger partial charge in [0.15, 0.2) is 0 Å². The van der Waals surface area contributed by atoms with Crippen LogP contribution in [0.4, 0.5) is 5.69 Å². The standard InChI is InChI=1S/C25H26Cl2N2O/c26-20-8-6-19(7-9-20)25-18-22(28-15-17-30-24-4-2-1-3-5-24)14-16-29(25)23-12-10-21(27)11-13-23/h1-13,22,25,28H,14-18H2. The van der Waals surface area contributed by atoms with E-state index in [1.54, 1.807) is 0 Å². The van der Waals surface area contributed by atoms with Gasteiger partial charge in [0.25, 0.3) is 0 Å². The highest BCUT2D eigenvalue weighted by Gasteiger charge is 2.29. The minimum Gasteiger partial charge on any atom is -0.492 e. The molecule has 0 bridgehead atoms. The van der Waals surface area contributed by atoms with Gasteiger partial charge in [0, 0.05) is 34.9 Å². The number of para-hydroxylation sites is 1. The maximum absolute atomic E-state index is 6.13. The van der Waals surface area contributed by atoms with Crippen LogP contribution in [-0.4, -0.2) is 25.7 Å². The van der Waals surface area contributed by atoms with Gasteiger partial charge in [-0.15, -0.1) is 0 Å². The van der Waals surface area contributed by atoms with Crippen molar-refractivity contribution in [1.82, 2.24) is 5.32 Å². The van der Waals surface area contributed by atoms with Crippen LogP contribution in [0.15, 0.2) is 78.9 Å². The third-order valence-electron chi connectivity index (χ3n) is 5.56. The van der Waals surface area contributed by atoms with E-state index in [0.29, 0.717) is 12.6 Å². The van der Waals surface area contributed by atoms with Gasteiger partial charge in [-0.2, -0.15) is 0 Å². The van der Waals surface area contributed by atoms with Gasteiger partial charge in [-0.3, -0.25) is 0 Å². The zero-order valence-electron chi connectivity index (χ0n) is 16.8.